The molecule has 0 atom stereocenters. The lowest BCUT2D eigenvalue weighted by Gasteiger charge is -2.20. The van der Waals surface area contributed by atoms with E-state index in [-0.39, 0.29) is 0 Å². The van der Waals surface area contributed by atoms with Crippen molar-refractivity contribution in [3.63, 3.8) is 0 Å². The van der Waals surface area contributed by atoms with Crippen LogP contribution in [0.1, 0.15) is 19.4 Å². The Morgan fingerprint density at radius 3 is 2.80 bits per heavy atom. The average molecular weight is 207 g/mol. The van der Waals surface area contributed by atoms with Crippen molar-refractivity contribution in [1.29, 1.82) is 0 Å². The van der Waals surface area contributed by atoms with Crippen molar-refractivity contribution >= 4 is 5.82 Å². The number of anilines is 1. The maximum atomic E-state index is 4.37. The minimum Gasteiger partial charge on any atom is -0.359 e. The largest absolute Gasteiger partial charge is 0.359 e. The Morgan fingerprint density at radius 1 is 1.47 bits per heavy atom. The molecule has 1 aromatic heterocycles. The fraction of sp³-hybridized carbons (Fsp3) is 0.583. The lowest BCUT2D eigenvalue weighted by atomic mass is 10.2. The molecule has 3 heteroatoms. The van der Waals surface area contributed by atoms with Crippen LogP contribution in [0.25, 0.3) is 0 Å². The monoisotopic (exact) mass is 207 g/mol. The Kier molecular flexibility index (Phi) is 4.56. The Hall–Kier alpha value is -1.09. The van der Waals surface area contributed by atoms with Crippen molar-refractivity contribution in [2.24, 2.45) is 5.92 Å². The SMILES string of the molecule is CNCc1ccnc(N(C)CC(C)C)c1. The van der Waals surface area contributed by atoms with Gasteiger partial charge < -0.3 is 10.2 Å². The summed E-state index contributed by atoms with van der Waals surface area (Å²) in [4.78, 5) is 6.57. The number of nitrogens with zero attached hydrogens (tertiary/aromatic N) is 2. The summed E-state index contributed by atoms with van der Waals surface area (Å²) in [7, 11) is 4.05. The molecule has 0 aliphatic heterocycles. The third kappa shape index (κ3) is 3.88. The van der Waals surface area contributed by atoms with Gasteiger partial charge in [0, 0.05) is 26.3 Å². The summed E-state index contributed by atoms with van der Waals surface area (Å²) in [6, 6.07) is 4.18. The Balaban J connectivity index is 2.71. The second-order valence-electron chi connectivity index (χ2n) is 4.33. The predicted molar refractivity (Wildman–Crippen MR) is 65.1 cm³/mol. The van der Waals surface area contributed by atoms with E-state index in [9.17, 15) is 0 Å². The molecule has 1 N–H and O–H groups in total. The van der Waals surface area contributed by atoms with Crippen LogP contribution < -0.4 is 10.2 Å². The summed E-state index contributed by atoms with van der Waals surface area (Å²) in [5.41, 5.74) is 1.28. The first kappa shape index (κ1) is 12.0. The molecular weight excluding hydrogens is 186 g/mol. The average Bonchev–Trinajstić information content (AvgIpc) is 2.17. The summed E-state index contributed by atoms with van der Waals surface area (Å²) in [5.74, 6) is 1.71. The minimum atomic E-state index is 0.657. The van der Waals surface area contributed by atoms with Gasteiger partial charge in [-0.15, -0.1) is 0 Å². The number of nitrogens with one attached hydrogen (secondary N) is 1. The topological polar surface area (TPSA) is 28.2 Å². The highest BCUT2D eigenvalue weighted by Gasteiger charge is 2.04. The Bertz CT molecular complexity index is 297. The van der Waals surface area contributed by atoms with Crippen LogP contribution in [0.15, 0.2) is 18.3 Å². The zero-order chi connectivity index (χ0) is 11.3. The van der Waals surface area contributed by atoms with E-state index in [1.165, 1.54) is 5.56 Å². The molecule has 1 heterocycles. The summed E-state index contributed by atoms with van der Waals surface area (Å²) in [6.07, 6.45) is 1.87. The van der Waals surface area contributed by atoms with Gasteiger partial charge in [0.15, 0.2) is 0 Å². The molecule has 0 saturated carbocycles. The van der Waals surface area contributed by atoms with Crippen molar-refractivity contribution in [3.8, 4) is 0 Å². The van der Waals surface area contributed by atoms with E-state index in [4.69, 9.17) is 0 Å². The first-order valence-corrected chi connectivity index (χ1v) is 5.44. The molecule has 0 unspecified atom stereocenters. The summed E-state index contributed by atoms with van der Waals surface area (Å²) >= 11 is 0. The number of aromatic nitrogens is 1. The Morgan fingerprint density at radius 2 is 2.20 bits per heavy atom. The van der Waals surface area contributed by atoms with Crippen LogP contribution in [0.4, 0.5) is 5.82 Å². The third-order valence-corrected chi connectivity index (χ3v) is 2.22. The summed E-state index contributed by atoms with van der Waals surface area (Å²) in [6.45, 7) is 6.36. The van der Waals surface area contributed by atoms with E-state index in [1.54, 1.807) is 0 Å². The maximum Gasteiger partial charge on any atom is 0.128 e. The fourth-order valence-electron chi connectivity index (χ4n) is 1.62. The van der Waals surface area contributed by atoms with E-state index >= 15 is 0 Å². The van der Waals surface area contributed by atoms with Crippen molar-refractivity contribution in [2.45, 2.75) is 20.4 Å². The van der Waals surface area contributed by atoms with Crippen LogP contribution in [0, 0.1) is 5.92 Å². The molecule has 0 aliphatic rings. The molecular formula is C12H21N3. The zero-order valence-electron chi connectivity index (χ0n) is 10.1. The highest BCUT2D eigenvalue weighted by atomic mass is 15.2. The standard InChI is InChI=1S/C12H21N3/c1-10(2)9-15(4)12-7-11(8-13-3)5-6-14-12/h5-7,10,13H,8-9H2,1-4H3. The highest BCUT2D eigenvalue weighted by molar-refractivity contribution is 5.40. The van der Waals surface area contributed by atoms with Crippen LogP contribution >= 0.6 is 0 Å². The molecule has 0 aliphatic carbocycles. The predicted octanol–water partition coefficient (Wildman–Crippen LogP) is 1.89. The smallest absolute Gasteiger partial charge is 0.128 e. The quantitative estimate of drug-likeness (QED) is 0.799. The number of hydrogen-bond donors (Lipinski definition) is 1. The van der Waals surface area contributed by atoms with Crippen molar-refractivity contribution < 1.29 is 0 Å². The number of pyridine rings is 1. The van der Waals surface area contributed by atoms with E-state index in [2.05, 4.69) is 42.2 Å². The molecule has 3 nitrogen and oxygen atoms in total. The van der Waals surface area contributed by atoms with Crippen molar-refractivity contribution in [3.05, 3.63) is 23.9 Å². The van der Waals surface area contributed by atoms with E-state index in [0.717, 1.165) is 18.9 Å². The van der Waals surface area contributed by atoms with Crippen LogP contribution in [-0.4, -0.2) is 25.6 Å². The second kappa shape index (κ2) is 5.71. The van der Waals surface area contributed by atoms with E-state index in [0.29, 0.717) is 5.92 Å². The molecule has 84 valence electrons. The van der Waals surface area contributed by atoms with E-state index < -0.39 is 0 Å². The Labute approximate surface area is 92.5 Å². The molecule has 0 aromatic carbocycles. The highest BCUT2D eigenvalue weighted by Crippen LogP contribution is 2.12. The van der Waals surface area contributed by atoms with E-state index in [1.807, 2.05) is 19.3 Å². The van der Waals surface area contributed by atoms with Gasteiger partial charge >= 0.3 is 0 Å². The number of rotatable bonds is 5. The molecule has 15 heavy (non-hydrogen) atoms. The second-order valence-corrected chi connectivity index (χ2v) is 4.33. The molecule has 1 aromatic rings. The van der Waals surface area contributed by atoms with Crippen LogP contribution in [0.2, 0.25) is 0 Å². The van der Waals surface area contributed by atoms with Gasteiger partial charge in [0.25, 0.3) is 0 Å². The van der Waals surface area contributed by atoms with Crippen LogP contribution in [0.3, 0.4) is 0 Å². The molecule has 0 amide bonds. The molecule has 1 rings (SSSR count). The first-order valence-electron chi connectivity index (χ1n) is 5.44. The summed E-state index contributed by atoms with van der Waals surface area (Å²) in [5, 5.41) is 3.14. The van der Waals surface area contributed by atoms with Gasteiger partial charge in [0.1, 0.15) is 5.82 Å². The van der Waals surface area contributed by atoms with Crippen LogP contribution in [0.5, 0.6) is 0 Å². The lowest BCUT2D eigenvalue weighted by molar-refractivity contribution is 0.634. The maximum absolute atomic E-state index is 4.37. The zero-order valence-corrected chi connectivity index (χ0v) is 10.1. The van der Waals surface area contributed by atoms with Gasteiger partial charge in [0.2, 0.25) is 0 Å². The molecule has 0 bridgehead atoms. The fourth-order valence-corrected chi connectivity index (χ4v) is 1.62. The summed E-state index contributed by atoms with van der Waals surface area (Å²) < 4.78 is 0. The van der Waals surface area contributed by atoms with Crippen molar-refractivity contribution in [1.82, 2.24) is 10.3 Å². The van der Waals surface area contributed by atoms with Gasteiger partial charge in [0.05, 0.1) is 0 Å². The van der Waals surface area contributed by atoms with Gasteiger partial charge in [-0.1, -0.05) is 13.8 Å². The molecule has 0 fully saturated rings. The molecule has 0 saturated heterocycles. The van der Waals surface area contributed by atoms with Crippen LogP contribution in [-0.2, 0) is 6.54 Å². The van der Waals surface area contributed by atoms with Gasteiger partial charge in [-0.2, -0.15) is 0 Å². The van der Waals surface area contributed by atoms with Gasteiger partial charge in [-0.05, 0) is 30.7 Å². The minimum absolute atomic E-state index is 0.657. The number of hydrogen-bond acceptors (Lipinski definition) is 3. The van der Waals surface area contributed by atoms with Crippen molar-refractivity contribution in [2.75, 3.05) is 25.5 Å². The van der Waals surface area contributed by atoms with Gasteiger partial charge in [-0.3, -0.25) is 0 Å². The van der Waals surface area contributed by atoms with Gasteiger partial charge in [-0.25, -0.2) is 4.98 Å². The molecule has 0 spiro atoms. The third-order valence-electron chi connectivity index (χ3n) is 2.22. The normalized spacial score (nSPS) is 10.7. The molecule has 0 radical (unpaired) electrons. The lowest BCUT2D eigenvalue weighted by Crippen LogP contribution is -2.23. The first-order chi connectivity index (χ1) is 7.13.